The summed E-state index contributed by atoms with van der Waals surface area (Å²) in [5, 5.41) is 10.7. The van der Waals surface area contributed by atoms with Gasteiger partial charge in [-0.2, -0.15) is 0 Å². The summed E-state index contributed by atoms with van der Waals surface area (Å²) in [6.45, 7) is 2.80. The highest BCUT2D eigenvalue weighted by atomic mass is 16.4. The fourth-order valence-electron chi connectivity index (χ4n) is 4.24. The van der Waals surface area contributed by atoms with Crippen LogP contribution in [0.3, 0.4) is 0 Å². The van der Waals surface area contributed by atoms with Gasteiger partial charge in [0.15, 0.2) is 5.69 Å². The lowest BCUT2D eigenvalue weighted by atomic mass is 10.1. The van der Waals surface area contributed by atoms with Crippen molar-refractivity contribution in [2.75, 3.05) is 0 Å². The summed E-state index contributed by atoms with van der Waals surface area (Å²) >= 11 is 0. The molecule has 1 atom stereocenters. The summed E-state index contributed by atoms with van der Waals surface area (Å²) in [6, 6.07) is 28.1. The van der Waals surface area contributed by atoms with E-state index in [1.807, 2.05) is 67.0 Å². The van der Waals surface area contributed by atoms with Gasteiger partial charge in [0, 0.05) is 24.3 Å². The van der Waals surface area contributed by atoms with Crippen molar-refractivity contribution in [1.82, 2.24) is 14.1 Å². The number of pyridine rings is 1. The summed E-state index contributed by atoms with van der Waals surface area (Å²) in [6.07, 6.45) is 4.02. The van der Waals surface area contributed by atoms with Gasteiger partial charge in [-0.15, -0.1) is 0 Å². The highest BCUT2D eigenvalue weighted by molar-refractivity contribution is 5.98. The number of fused-ring (bicyclic) bond motifs is 1. The average Bonchev–Trinajstić information content (AvgIpc) is 3.46. The maximum absolute atomic E-state index is 11.9. The Hall–Kier alpha value is -4.12. The molecule has 5 heteroatoms. The molecule has 158 valence electrons. The van der Waals surface area contributed by atoms with Crippen LogP contribution in [0, 0.1) is 0 Å². The largest absolute Gasteiger partial charge is 0.477 e. The molecule has 5 nitrogen and oxygen atoms in total. The average molecular weight is 422 g/mol. The Bertz CT molecular complexity index is 1380. The Morgan fingerprint density at radius 1 is 0.938 bits per heavy atom. The van der Waals surface area contributed by atoms with E-state index < -0.39 is 5.97 Å². The molecular formula is C27H23N3O2. The summed E-state index contributed by atoms with van der Waals surface area (Å²) < 4.78 is 4.23. The van der Waals surface area contributed by atoms with Crippen molar-refractivity contribution in [2.45, 2.75) is 19.5 Å². The summed E-state index contributed by atoms with van der Waals surface area (Å²) in [4.78, 5) is 16.5. The molecule has 32 heavy (non-hydrogen) atoms. The van der Waals surface area contributed by atoms with E-state index in [4.69, 9.17) is 0 Å². The maximum atomic E-state index is 11.9. The summed E-state index contributed by atoms with van der Waals surface area (Å²) in [5.41, 5.74) is 4.81. The van der Waals surface area contributed by atoms with E-state index in [1.54, 1.807) is 6.07 Å². The predicted molar refractivity (Wildman–Crippen MR) is 126 cm³/mol. The van der Waals surface area contributed by atoms with Crippen molar-refractivity contribution < 1.29 is 9.90 Å². The van der Waals surface area contributed by atoms with Crippen molar-refractivity contribution in [3.8, 4) is 11.4 Å². The molecule has 1 N–H and O–H groups in total. The molecule has 5 aromatic rings. The van der Waals surface area contributed by atoms with Crippen LogP contribution in [0.5, 0.6) is 0 Å². The number of aromatic carboxylic acids is 1. The first kappa shape index (κ1) is 19.8. The van der Waals surface area contributed by atoms with Gasteiger partial charge in [-0.05, 0) is 42.3 Å². The summed E-state index contributed by atoms with van der Waals surface area (Å²) in [7, 11) is 0. The van der Waals surface area contributed by atoms with Crippen molar-refractivity contribution >= 4 is 16.9 Å². The lowest BCUT2D eigenvalue weighted by Gasteiger charge is -2.17. The van der Waals surface area contributed by atoms with Crippen LogP contribution in [0.25, 0.3) is 22.3 Å². The molecule has 0 radical (unpaired) electrons. The number of carboxylic acid groups (broad SMARTS) is 1. The first-order valence-electron chi connectivity index (χ1n) is 10.6. The molecule has 0 bridgehead atoms. The van der Waals surface area contributed by atoms with Crippen molar-refractivity contribution in [3.05, 3.63) is 114 Å². The zero-order valence-electron chi connectivity index (χ0n) is 17.7. The fraction of sp³-hybridized carbons (Fsp3) is 0.111. The maximum Gasteiger partial charge on any atom is 0.354 e. The highest BCUT2D eigenvalue weighted by Crippen LogP contribution is 2.32. The minimum Gasteiger partial charge on any atom is -0.477 e. The number of carbonyl (C=O) groups is 1. The van der Waals surface area contributed by atoms with Gasteiger partial charge >= 0.3 is 5.97 Å². The SMILES string of the molecule is CC(c1ccccc1)n1ccc2c(-c3cccn3Cc3ccccc3)nc(C(=O)O)cc21. The molecule has 5 rings (SSSR count). The molecule has 0 spiro atoms. The Kier molecular flexibility index (Phi) is 5.07. The Labute approximate surface area is 186 Å². The minimum atomic E-state index is -1.03. The fourth-order valence-corrected chi connectivity index (χ4v) is 4.24. The molecule has 0 amide bonds. The van der Waals surface area contributed by atoms with Crippen LogP contribution in [0.15, 0.2) is 97.3 Å². The van der Waals surface area contributed by atoms with Gasteiger partial charge in [0.05, 0.1) is 22.9 Å². The zero-order chi connectivity index (χ0) is 22.1. The molecular weight excluding hydrogens is 398 g/mol. The quantitative estimate of drug-likeness (QED) is 0.373. The van der Waals surface area contributed by atoms with Crippen LogP contribution in [0.4, 0.5) is 0 Å². The molecule has 0 aliphatic heterocycles. The molecule has 1 unspecified atom stereocenters. The second kappa shape index (κ2) is 8.19. The molecule has 0 aliphatic carbocycles. The lowest BCUT2D eigenvalue weighted by molar-refractivity contribution is 0.0691. The third kappa shape index (κ3) is 3.58. The predicted octanol–water partition coefficient (Wildman–Crippen LogP) is 5.86. The molecule has 0 saturated heterocycles. The molecule has 3 aromatic heterocycles. The molecule has 0 aliphatic rings. The van der Waals surface area contributed by atoms with Crippen LogP contribution in [0.2, 0.25) is 0 Å². The van der Waals surface area contributed by atoms with Gasteiger partial charge in [-0.1, -0.05) is 60.7 Å². The van der Waals surface area contributed by atoms with Gasteiger partial charge in [0.25, 0.3) is 0 Å². The standard InChI is InChI=1S/C27H23N3O2/c1-19(21-11-6-3-7-12-21)30-16-14-22-25(30)17-23(27(31)32)28-26(22)24-13-8-15-29(24)18-20-9-4-2-5-10-20/h2-17,19H,18H2,1H3,(H,31,32). The second-order valence-electron chi connectivity index (χ2n) is 7.91. The third-order valence-corrected chi connectivity index (χ3v) is 5.90. The van der Waals surface area contributed by atoms with E-state index in [1.165, 1.54) is 5.56 Å². The second-order valence-corrected chi connectivity index (χ2v) is 7.91. The highest BCUT2D eigenvalue weighted by Gasteiger charge is 2.19. The zero-order valence-corrected chi connectivity index (χ0v) is 17.7. The van der Waals surface area contributed by atoms with Crippen molar-refractivity contribution in [1.29, 1.82) is 0 Å². The van der Waals surface area contributed by atoms with E-state index in [9.17, 15) is 9.90 Å². The topological polar surface area (TPSA) is 60.0 Å². The van der Waals surface area contributed by atoms with Crippen LogP contribution >= 0.6 is 0 Å². The van der Waals surface area contributed by atoms with Crippen molar-refractivity contribution in [2.24, 2.45) is 0 Å². The number of hydrogen-bond acceptors (Lipinski definition) is 2. The number of hydrogen-bond donors (Lipinski definition) is 1. The van der Waals surface area contributed by atoms with Crippen molar-refractivity contribution in [3.63, 3.8) is 0 Å². The number of carboxylic acids is 1. The van der Waals surface area contributed by atoms with Gasteiger partial charge in [0.1, 0.15) is 0 Å². The number of nitrogens with zero attached hydrogens (tertiary/aromatic N) is 3. The number of rotatable bonds is 6. The van der Waals surface area contributed by atoms with Crippen LogP contribution in [-0.2, 0) is 6.54 Å². The first-order valence-corrected chi connectivity index (χ1v) is 10.6. The Morgan fingerprint density at radius 3 is 2.38 bits per heavy atom. The van der Waals surface area contributed by atoms with Gasteiger partial charge in [-0.3, -0.25) is 0 Å². The minimum absolute atomic E-state index is 0.0418. The van der Waals surface area contributed by atoms with E-state index in [2.05, 4.69) is 45.3 Å². The monoisotopic (exact) mass is 421 g/mol. The van der Waals surface area contributed by atoms with Crippen LogP contribution in [-0.4, -0.2) is 25.2 Å². The van der Waals surface area contributed by atoms with E-state index in [0.717, 1.165) is 22.2 Å². The Morgan fingerprint density at radius 2 is 1.66 bits per heavy atom. The number of benzene rings is 2. The third-order valence-electron chi connectivity index (χ3n) is 5.90. The van der Waals surface area contributed by atoms with E-state index >= 15 is 0 Å². The van der Waals surface area contributed by atoms with Gasteiger partial charge in [0.2, 0.25) is 0 Å². The number of aromatic nitrogens is 3. The van der Waals surface area contributed by atoms with E-state index in [0.29, 0.717) is 12.2 Å². The van der Waals surface area contributed by atoms with Crippen LogP contribution in [0.1, 0.15) is 34.6 Å². The Balaban J connectivity index is 1.66. The molecule has 0 fully saturated rings. The lowest BCUT2D eigenvalue weighted by Crippen LogP contribution is -2.08. The molecule has 2 aromatic carbocycles. The first-order chi connectivity index (χ1) is 15.6. The molecule has 0 saturated carbocycles. The van der Waals surface area contributed by atoms with Crippen LogP contribution < -0.4 is 0 Å². The van der Waals surface area contributed by atoms with Gasteiger partial charge < -0.3 is 14.2 Å². The smallest absolute Gasteiger partial charge is 0.354 e. The van der Waals surface area contributed by atoms with E-state index in [-0.39, 0.29) is 11.7 Å². The normalized spacial score (nSPS) is 12.2. The summed E-state index contributed by atoms with van der Waals surface area (Å²) in [5.74, 6) is -1.03. The molecule has 3 heterocycles. The van der Waals surface area contributed by atoms with Gasteiger partial charge in [-0.25, -0.2) is 9.78 Å².